The highest BCUT2D eigenvalue weighted by Crippen LogP contribution is 2.42. The van der Waals surface area contributed by atoms with Gasteiger partial charge in [0.25, 0.3) is 0 Å². The number of rotatable bonds is 2. The second-order valence-corrected chi connectivity index (χ2v) is 5.46. The van der Waals surface area contributed by atoms with Crippen LogP contribution >= 0.6 is 23.2 Å². The van der Waals surface area contributed by atoms with E-state index >= 15 is 0 Å². The standard InChI is InChI=1S/C13H13Cl2N3/c1-7-17-12(13(16)18(7)9-3-4-9)10-6-8(14)2-5-11(10)15/h2,5-6,9H,3-4,16H2,1H3. The highest BCUT2D eigenvalue weighted by atomic mass is 35.5. The van der Waals surface area contributed by atoms with Gasteiger partial charge in [0.2, 0.25) is 0 Å². The molecule has 0 spiro atoms. The van der Waals surface area contributed by atoms with Crippen molar-refractivity contribution in [3.8, 4) is 11.3 Å². The molecule has 2 aromatic rings. The third kappa shape index (κ3) is 1.88. The molecular weight excluding hydrogens is 269 g/mol. The Morgan fingerprint density at radius 2 is 2.06 bits per heavy atom. The van der Waals surface area contributed by atoms with Crippen molar-refractivity contribution in [1.29, 1.82) is 0 Å². The van der Waals surface area contributed by atoms with Gasteiger partial charge in [-0.2, -0.15) is 0 Å². The van der Waals surface area contributed by atoms with Crippen molar-refractivity contribution in [2.45, 2.75) is 25.8 Å². The summed E-state index contributed by atoms with van der Waals surface area (Å²) >= 11 is 12.2. The van der Waals surface area contributed by atoms with Crippen LogP contribution in [-0.4, -0.2) is 9.55 Å². The number of halogens is 2. The number of nitrogens with zero attached hydrogens (tertiary/aromatic N) is 2. The number of hydrogen-bond donors (Lipinski definition) is 1. The van der Waals surface area contributed by atoms with Gasteiger partial charge in [-0.25, -0.2) is 4.98 Å². The van der Waals surface area contributed by atoms with Crippen molar-refractivity contribution in [3.63, 3.8) is 0 Å². The van der Waals surface area contributed by atoms with Crippen LogP contribution in [0.2, 0.25) is 10.0 Å². The van der Waals surface area contributed by atoms with Crippen molar-refractivity contribution < 1.29 is 0 Å². The lowest BCUT2D eigenvalue weighted by molar-refractivity contribution is 0.720. The lowest BCUT2D eigenvalue weighted by Gasteiger charge is -2.06. The van der Waals surface area contributed by atoms with Crippen LogP contribution in [0.3, 0.4) is 0 Å². The molecule has 0 radical (unpaired) electrons. The molecule has 5 heteroatoms. The Hall–Kier alpha value is -1.19. The fraction of sp³-hybridized carbons (Fsp3) is 0.308. The number of hydrogen-bond acceptors (Lipinski definition) is 2. The summed E-state index contributed by atoms with van der Waals surface area (Å²) in [6.45, 7) is 1.97. The maximum atomic E-state index is 6.20. The van der Waals surface area contributed by atoms with Crippen LogP contribution in [0, 0.1) is 6.92 Å². The van der Waals surface area contributed by atoms with Crippen LogP contribution in [0.5, 0.6) is 0 Å². The largest absolute Gasteiger partial charge is 0.383 e. The topological polar surface area (TPSA) is 43.8 Å². The quantitative estimate of drug-likeness (QED) is 0.901. The molecule has 1 fully saturated rings. The van der Waals surface area contributed by atoms with Gasteiger partial charge in [-0.15, -0.1) is 0 Å². The fourth-order valence-corrected chi connectivity index (χ4v) is 2.61. The van der Waals surface area contributed by atoms with E-state index in [0.717, 1.165) is 17.1 Å². The molecule has 0 unspecified atom stereocenters. The summed E-state index contributed by atoms with van der Waals surface area (Å²) in [5, 5.41) is 1.25. The molecule has 1 aliphatic rings. The van der Waals surface area contributed by atoms with Gasteiger partial charge in [-0.05, 0) is 38.0 Å². The summed E-state index contributed by atoms with van der Waals surface area (Å²) in [7, 11) is 0. The van der Waals surface area contributed by atoms with Gasteiger partial charge < -0.3 is 10.3 Å². The average Bonchev–Trinajstić information content (AvgIpc) is 3.10. The van der Waals surface area contributed by atoms with Crippen molar-refractivity contribution in [2.75, 3.05) is 5.73 Å². The molecule has 0 bridgehead atoms. The SMILES string of the molecule is Cc1nc(-c2cc(Cl)ccc2Cl)c(N)n1C1CC1. The highest BCUT2D eigenvalue weighted by molar-refractivity contribution is 6.35. The first kappa shape index (κ1) is 11.9. The Labute approximate surface area is 116 Å². The zero-order valence-corrected chi connectivity index (χ0v) is 11.5. The summed E-state index contributed by atoms with van der Waals surface area (Å²) in [6.07, 6.45) is 2.34. The van der Waals surface area contributed by atoms with E-state index in [1.54, 1.807) is 18.2 Å². The smallest absolute Gasteiger partial charge is 0.132 e. The van der Waals surface area contributed by atoms with Gasteiger partial charge in [0.15, 0.2) is 0 Å². The number of aryl methyl sites for hydroxylation is 1. The summed E-state index contributed by atoms with van der Waals surface area (Å²) in [4.78, 5) is 4.54. The monoisotopic (exact) mass is 281 g/mol. The number of imidazole rings is 1. The molecule has 1 aromatic carbocycles. The molecule has 1 aromatic heterocycles. The lowest BCUT2D eigenvalue weighted by atomic mass is 10.1. The van der Waals surface area contributed by atoms with Gasteiger partial charge in [0, 0.05) is 16.6 Å². The predicted octanol–water partition coefficient (Wildman–Crippen LogP) is 4.08. The van der Waals surface area contributed by atoms with E-state index in [-0.39, 0.29) is 0 Å². The van der Waals surface area contributed by atoms with Crippen molar-refractivity contribution in [1.82, 2.24) is 9.55 Å². The van der Waals surface area contributed by atoms with Crippen LogP contribution in [0.15, 0.2) is 18.2 Å². The zero-order chi connectivity index (χ0) is 12.9. The normalized spacial score (nSPS) is 15.1. The minimum absolute atomic E-state index is 0.504. The maximum Gasteiger partial charge on any atom is 0.132 e. The van der Waals surface area contributed by atoms with Gasteiger partial charge in [0.1, 0.15) is 17.3 Å². The second-order valence-electron chi connectivity index (χ2n) is 4.62. The van der Waals surface area contributed by atoms with Gasteiger partial charge >= 0.3 is 0 Å². The van der Waals surface area contributed by atoms with Crippen LogP contribution < -0.4 is 5.73 Å². The number of aromatic nitrogens is 2. The first-order valence-corrected chi connectivity index (χ1v) is 6.63. The molecule has 0 amide bonds. The highest BCUT2D eigenvalue weighted by Gasteiger charge is 2.29. The Morgan fingerprint density at radius 3 is 2.72 bits per heavy atom. The summed E-state index contributed by atoms with van der Waals surface area (Å²) in [5.41, 5.74) is 7.72. The zero-order valence-electron chi connectivity index (χ0n) is 9.95. The van der Waals surface area contributed by atoms with Crippen molar-refractivity contribution in [3.05, 3.63) is 34.1 Å². The minimum atomic E-state index is 0.504. The Balaban J connectivity index is 2.17. The Bertz CT molecular complexity index is 615. The molecular formula is C13H13Cl2N3. The van der Waals surface area contributed by atoms with E-state index in [2.05, 4.69) is 9.55 Å². The number of anilines is 1. The maximum absolute atomic E-state index is 6.20. The van der Waals surface area contributed by atoms with E-state index in [9.17, 15) is 0 Å². The summed E-state index contributed by atoms with van der Waals surface area (Å²) in [5.74, 6) is 1.61. The number of benzene rings is 1. The van der Waals surface area contributed by atoms with Crippen LogP contribution in [0.25, 0.3) is 11.3 Å². The number of nitrogens with two attached hydrogens (primary N) is 1. The van der Waals surface area contributed by atoms with Crippen LogP contribution in [0.1, 0.15) is 24.7 Å². The molecule has 94 valence electrons. The first-order chi connectivity index (χ1) is 8.58. The van der Waals surface area contributed by atoms with E-state index in [0.29, 0.717) is 21.9 Å². The van der Waals surface area contributed by atoms with E-state index < -0.39 is 0 Å². The molecule has 1 aliphatic carbocycles. The summed E-state index contributed by atoms with van der Waals surface area (Å²) < 4.78 is 2.09. The Kier molecular flexibility index (Phi) is 2.76. The third-order valence-electron chi connectivity index (χ3n) is 3.22. The van der Waals surface area contributed by atoms with Crippen molar-refractivity contribution in [2.24, 2.45) is 0 Å². The van der Waals surface area contributed by atoms with E-state index in [1.807, 2.05) is 6.92 Å². The summed E-state index contributed by atoms with van der Waals surface area (Å²) in [6, 6.07) is 5.83. The number of nitrogen functional groups attached to an aromatic ring is 1. The molecule has 0 aliphatic heterocycles. The molecule has 1 saturated carbocycles. The molecule has 18 heavy (non-hydrogen) atoms. The van der Waals surface area contributed by atoms with Gasteiger partial charge in [-0.3, -0.25) is 0 Å². The minimum Gasteiger partial charge on any atom is -0.383 e. The predicted molar refractivity (Wildman–Crippen MR) is 75.1 cm³/mol. The average molecular weight is 282 g/mol. The van der Waals surface area contributed by atoms with Crippen LogP contribution in [0.4, 0.5) is 5.82 Å². The molecule has 2 N–H and O–H groups in total. The molecule has 0 saturated heterocycles. The molecule has 0 atom stereocenters. The van der Waals surface area contributed by atoms with Gasteiger partial charge in [0.05, 0.1) is 5.02 Å². The fourth-order valence-electron chi connectivity index (χ4n) is 2.23. The molecule has 3 rings (SSSR count). The third-order valence-corrected chi connectivity index (χ3v) is 3.78. The van der Waals surface area contributed by atoms with E-state index in [4.69, 9.17) is 28.9 Å². The van der Waals surface area contributed by atoms with Gasteiger partial charge in [-0.1, -0.05) is 23.2 Å². The van der Waals surface area contributed by atoms with Crippen molar-refractivity contribution >= 4 is 29.0 Å². The second kappa shape index (κ2) is 4.18. The van der Waals surface area contributed by atoms with Crippen LogP contribution in [-0.2, 0) is 0 Å². The molecule has 1 heterocycles. The molecule has 3 nitrogen and oxygen atoms in total. The van der Waals surface area contributed by atoms with E-state index in [1.165, 1.54) is 12.8 Å². The first-order valence-electron chi connectivity index (χ1n) is 5.87. The lowest BCUT2D eigenvalue weighted by Crippen LogP contribution is -2.02. The Morgan fingerprint density at radius 1 is 1.33 bits per heavy atom.